The van der Waals surface area contributed by atoms with Crippen molar-refractivity contribution in [1.82, 2.24) is 9.78 Å². The van der Waals surface area contributed by atoms with E-state index in [-0.39, 0.29) is 4.90 Å². The summed E-state index contributed by atoms with van der Waals surface area (Å²) in [5, 5.41) is 3.57. The van der Waals surface area contributed by atoms with Gasteiger partial charge in [-0.05, 0) is 35.9 Å². The van der Waals surface area contributed by atoms with Crippen molar-refractivity contribution in [3.63, 3.8) is 0 Å². The molecule has 0 radical (unpaired) electrons. The minimum absolute atomic E-state index is 0.0273. The van der Waals surface area contributed by atoms with Crippen molar-refractivity contribution < 1.29 is 44.3 Å². The van der Waals surface area contributed by atoms with Crippen molar-refractivity contribution in [3.8, 4) is 16.8 Å². The first-order chi connectivity index (χ1) is 16.0. The fraction of sp³-hybridized carbons (Fsp3) is 0.190. The molecule has 14 heteroatoms. The predicted molar refractivity (Wildman–Crippen MR) is 105 cm³/mol. The molecule has 0 N–H and O–H groups in total. The van der Waals surface area contributed by atoms with E-state index >= 15 is 0 Å². The topological polar surface area (TPSA) is 55.2 Å². The number of carbonyl (C=O) groups excluding carboxylic acids is 1. The van der Waals surface area contributed by atoms with Gasteiger partial charge in [0.1, 0.15) is 0 Å². The molecule has 5 nitrogen and oxygen atoms in total. The average molecular weight is 509 g/mol. The van der Waals surface area contributed by atoms with Gasteiger partial charge in [0.05, 0.1) is 34.3 Å². The Kier molecular flexibility index (Phi) is 6.44. The van der Waals surface area contributed by atoms with Crippen LogP contribution in [-0.4, -0.2) is 28.9 Å². The minimum atomic E-state index is -5.41. The second-order valence-corrected chi connectivity index (χ2v) is 7.11. The molecule has 3 rings (SSSR count). The van der Waals surface area contributed by atoms with Gasteiger partial charge in [0, 0.05) is 7.05 Å². The van der Waals surface area contributed by atoms with Gasteiger partial charge in [-0.25, -0.2) is 0 Å². The van der Waals surface area contributed by atoms with E-state index < -0.39 is 63.6 Å². The molecule has 0 saturated heterocycles. The zero-order chi connectivity index (χ0) is 26.3. The zero-order valence-corrected chi connectivity index (χ0v) is 17.3. The molecular formula is C21H12F9N3O2. The quantitative estimate of drug-likeness (QED) is 0.441. The van der Waals surface area contributed by atoms with Gasteiger partial charge >= 0.3 is 24.4 Å². The third kappa shape index (κ3) is 5.30. The highest BCUT2D eigenvalue weighted by molar-refractivity contribution is 6.00. The van der Waals surface area contributed by atoms with E-state index in [0.29, 0.717) is 42.2 Å². The maximum absolute atomic E-state index is 13.2. The standard InChI is InChI=1S/C21H12F9N3O2/c1-32(18(35)21(28,29)30)15-10-31-33(14-7-3-6-13(9-14)20(25,26)27)17(34)16(15)11-4-2-5-12(8-11)19(22,23)24/h2-10H,1H3. The molecule has 3 aromatic rings. The molecule has 35 heavy (non-hydrogen) atoms. The highest BCUT2D eigenvalue weighted by Gasteiger charge is 2.43. The number of alkyl halides is 9. The molecule has 2 aromatic carbocycles. The Morgan fingerprint density at radius 1 is 0.857 bits per heavy atom. The number of hydrogen-bond acceptors (Lipinski definition) is 3. The van der Waals surface area contributed by atoms with Gasteiger partial charge < -0.3 is 4.90 Å². The van der Waals surface area contributed by atoms with Crippen LogP contribution in [0.5, 0.6) is 0 Å². The number of rotatable bonds is 3. The van der Waals surface area contributed by atoms with Crippen LogP contribution in [0.2, 0.25) is 0 Å². The number of aromatic nitrogens is 2. The van der Waals surface area contributed by atoms with E-state index in [1.165, 1.54) is 0 Å². The molecule has 1 amide bonds. The summed E-state index contributed by atoms with van der Waals surface area (Å²) in [6, 6.07) is 6.12. The Morgan fingerprint density at radius 3 is 1.94 bits per heavy atom. The van der Waals surface area contributed by atoms with Crippen LogP contribution in [-0.2, 0) is 17.1 Å². The molecule has 0 aliphatic heterocycles. The number of carbonyl (C=O) groups is 1. The van der Waals surface area contributed by atoms with Crippen LogP contribution in [0.1, 0.15) is 11.1 Å². The van der Waals surface area contributed by atoms with Gasteiger partial charge in [0.15, 0.2) is 0 Å². The number of hydrogen-bond donors (Lipinski definition) is 0. The molecule has 0 aliphatic rings. The number of amides is 1. The summed E-state index contributed by atoms with van der Waals surface area (Å²) < 4.78 is 118. The van der Waals surface area contributed by atoms with E-state index in [2.05, 4.69) is 5.10 Å². The second-order valence-electron chi connectivity index (χ2n) is 7.11. The third-order valence-electron chi connectivity index (χ3n) is 4.76. The fourth-order valence-electron chi connectivity index (χ4n) is 3.12. The van der Waals surface area contributed by atoms with Gasteiger partial charge in [-0.2, -0.15) is 49.3 Å². The first-order valence-corrected chi connectivity index (χ1v) is 9.34. The van der Waals surface area contributed by atoms with Crippen molar-refractivity contribution in [2.24, 2.45) is 0 Å². The maximum atomic E-state index is 13.2. The first-order valence-electron chi connectivity index (χ1n) is 9.34. The Hall–Kier alpha value is -3.84. The predicted octanol–water partition coefficient (Wildman–Crippen LogP) is 5.46. The van der Waals surface area contributed by atoms with Gasteiger partial charge in [-0.1, -0.05) is 18.2 Å². The summed E-state index contributed by atoms with van der Waals surface area (Å²) in [6.45, 7) is 0. The summed E-state index contributed by atoms with van der Waals surface area (Å²) in [7, 11) is 0.623. The Labute approximate surface area is 190 Å². The van der Waals surface area contributed by atoms with E-state index in [4.69, 9.17) is 0 Å². The van der Waals surface area contributed by atoms with Crippen LogP contribution in [0, 0.1) is 0 Å². The molecule has 1 aromatic heterocycles. The van der Waals surface area contributed by atoms with E-state index in [0.717, 1.165) is 24.3 Å². The lowest BCUT2D eigenvalue weighted by Crippen LogP contribution is -2.40. The molecule has 0 bridgehead atoms. The summed E-state index contributed by atoms with van der Waals surface area (Å²) in [5.41, 5.74) is -6.42. The lowest BCUT2D eigenvalue weighted by Gasteiger charge is -2.22. The van der Waals surface area contributed by atoms with Gasteiger partial charge in [0.2, 0.25) is 0 Å². The number of nitrogens with zero attached hydrogens (tertiary/aromatic N) is 3. The van der Waals surface area contributed by atoms with Crippen LogP contribution in [0.4, 0.5) is 45.2 Å². The summed E-state index contributed by atoms with van der Waals surface area (Å²) in [4.78, 5) is 24.9. The minimum Gasteiger partial charge on any atom is -0.305 e. The van der Waals surface area contributed by atoms with Crippen molar-refractivity contribution in [1.29, 1.82) is 0 Å². The van der Waals surface area contributed by atoms with Gasteiger partial charge in [0.25, 0.3) is 5.56 Å². The van der Waals surface area contributed by atoms with Crippen LogP contribution >= 0.6 is 0 Å². The largest absolute Gasteiger partial charge is 0.471 e. The summed E-state index contributed by atoms with van der Waals surface area (Å²) in [5.74, 6) is -2.45. The highest BCUT2D eigenvalue weighted by Crippen LogP contribution is 2.35. The van der Waals surface area contributed by atoms with E-state index in [1.807, 2.05) is 0 Å². The average Bonchev–Trinajstić information content (AvgIpc) is 2.76. The van der Waals surface area contributed by atoms with Crippen molar-refractivity contribution in [2.75, 3.05) is 11.9 Å². The molecule has 0 fully saturated rings. The third-order valence-corrected chi connectivity index (χ3v) is 4.76. The molecular weight excluding hydrogens is 497 g/mol. The zero-order valence-electron chi connectivity index (χ0n) is 17.3. The van der Waals surface area contributed by atoms with Crippen LogP contribution in [0.15, 0.2) is 59.5 Å². The molecule has 0 aliphatic carbocycles. The monoisotopic (exact) mass is 509 g/mol. The smallest absolute Gasteiger partial charge is 0.305 e. The molecule has 0 unspecified atom stereocenters. The molecule has 0 atom stereocenters. The normalized spacial score (nSPS) is 12.5. The Morgan fingerprint density at radius 2 is 1.40 bits per heavy atom. The number of benzene rings is 2. The molecule has 0 spiro atoms. The lowest BCUT2D eigenvalue weighted by molar-refractivity contribution is -0.170. The SMILES string of the molecule is CN(C(=O)C(F)(F)F)c1cnn(-c2cccc(C(F)(F)F)c2)c(=O)c1-c1cccc(C(F)(F)F)c1. The first kappa shape index (κ1) is 25.8. The molecule has 1 heterocycles. The Bertz CT molecular complexity index is 1330. The highest BCUT2D eigenvalue weighted by atomic mass is 19.4. The number of halogens is 9. The molecule has 186 valence electrons. The fourth-order valence-corrected chi connectivity index (χ4v) is 3.12. The summed E-state index contributed by atoms with van der Waals surface area (Å²) >= 11 is 0. The number of anilines is 1. The second kappa shape index (κ2) is 8.74. The van der Waals surface area contributed by atoms with Crippen LogP contribution in [0.3, 0.4) is 0 Å². The van der Waals surface area contributed by atoms with Crippen molar-refractivity contribution in [2.45, 2.75) is 18.5 Å². The van der Waals surface area contributed by atoms with E-state index in [1.54, 1.807) is 0 Å². The van der Waals surface area contributed by atoms with Gasteiger partial charge in [-0.3, -0.25) is 9.59 Å². The lowest BCUT2D eigenvalue weighted by atomic mass is 10.0. The van der Waals surface area contributed by atoms with Crippen molar-refractivity contribution >= 4 is 11.6 Å². The van der Waals surface area contributed by atoms with Crippen LogP contribution < -0.4 is 10.5 Å². The summed E-state index contributed by atoms with van der Waals surface area (Å²) in [6.07, 6.45) is -14.5. The van der Waals surface area contributed by atoms with Gasteiger partial charge in [-0.15, -0.1) is 0 Å². The van der Waals surface area contributed by atoms with Crippen LogP contribution in [0.25, 0.3) is 16.8 Å². The maximum Gasteiger partial charge on any atom is 0.471 e. The van der Waals surface area contributed by atoms with Crippen molar-refractivity contribution in [3.05, 3.63) is 76.2 Å². The molecule has 0 saturated carbocycles. The Balaban J connectivity index is 2.32. The van der Waals surface area contributed by atoms with E-state index in [9.17, 15) is 49.1 Å².